The topological polar surface area (TPSA) is 87.3 Å². The van der Waals surface area contributed by atoms with Gasteiger partial charge in [0.25, 0.3) is 0 Å². The summed E-state index contributed by atoms with van der Waals surface area (Å²) < 4.78 is 1.64. The number of aliphatic hydroxyl groups excluding tert-OH is 2. The van der Waals surface area contributed by atoms with Crippen LogP contribution in [-0.4, -0.2) is 48.7 Å². The third-order valence-corrected chi connectivity index (χ3v) is 5.81. The molecule has 7 nitrogen and oxygen atoms in total. The lowest BCUT2D eigenvalue weighted by Crippen LogP contribution is -2.33. The van der Waals surface area contributed by atoms with Crippen molar-refractivity contribution in [2.45, 2.75) is 50.9 Å². The highest BCUT2D eigenvalue weighted by atomic mass is 32.1. The van der Waals surface area contributed by atoms with Gasteiger partial charge in [0.2, 0.25) is 0 Å². The van der Waals surface area contributed by atoms with Gasteiger partial charge in [-0.25, -0.2) is 14.6 Å². The fraction of sp³-hybridized carbons (Fsp3) is 0.500. The molecule has 1 saturated carbocycles. The Morgan fingerprint density at radius 1 is 1.31 bits per heavy atom. The molecule has 1 aliphatic rings. The Bertz CT molecular complexity index is 845. The Labute approximate surface area is 155 Å². The fourth-order valence-electron chi connectivity index (χ4n) is 3.66. The van der Waals surface area contributed by atoms with Crippen LogP contribution in [0.5, 0.6) is 0 Å². The standard InChI is InChI=1S/C18H23N5O2S/c24-11-14(25)9-23-18-16(8-21-23)17(19-12-20-18)22(13-4-1-2-5-13)10-15-6-3-7-26-15/h3,6-8,12-14,24-25H,1-2,4-5,9-11H2. The maximum Gasteiger partial charge on any atom is 0.163 e. The predicted molar refractivity (Wildman–Crippen MR) is 101 cm³/mol. The van der Waals surface area contributed by atoms with Gasteiger partial charge in [-0.1, -0.05) is 18.9 Å². The molecular formula is C18H23N5O2S. The highest BCUT2D eigenvalue weighted by Gasteiger charge is 2.26. The van der Waals surface area contributed by atoms with Gasteiger partial charge in [0.05, 0.1) is 37.4 Å². The van der Waals surface area contributed by atoms with E-state index in [-0.39, 0.29) is 13.2 Å². The molecule has 1 unspecified atom stereocenters. The van der Waals surface area contributed by atoms with Crippen LogP contribution < -0.4 is 4.90 Å². The van der Waals surface area contributed by atoms with E-state index in [0.29, 0.717) is 11.7 Å². The first-order valence-electron chi connectivity index (χ1n) is 9.00. The van der Waals surface area contributed by atoms with E-state index in [4.69, 9.17) is 5.11 Å². The average molecular weight is 373 g/mol. The largest absolute Gasteiger partial charge is 0.394 e. The van der Waals surface area contributed by atoms with Crippen LogP contribution >= 0.6 is 11.3 Å². The molecule has 0 aliphatic heterocycles. The number of fused-ring (bicyclic) bond motifs is 1. The smallest absolute Gasteiger partial charge is 0.163 e. The summed E-state index contributed by atoms with van der Waals surface area (Å²) in [6.45, 7) is 0.746. The SMILES string of the molecule is OCC(O)Cn1ncc2c(N(Cc3cccs3)C3CCCC3)ncnc21. The number of hydrogen-bond donors (Lipinski definition) is 2. The van der Waals surface area contributed by atoms with Crippen LogP contribution in [0, 0.1) is 0 Å². The van der Waals surface area contributed by atoms with E-state index in [0.717, 1.165) is 17.7 Å². The molecular weight excluding hydrogens is 350 g/mol. The third-order valence-electron chi connectivity index (χ3n) is 4.95. The van der Waals surface area contributed by atoms with Crippen molar-refractivity contribution in [1.29, 1.82) is 0 Å². The number of aliphatic hydroxyl groups is 2. The lowest BCUT2D eigenvalue weighted by molar-refractivity contribution is 0.0792. The van der Waals surface area contributed by atoms with Gasteiger partial charge in [0.15, 0.2) is 5.65 Å². The Morgan fingerprint density at radius 3 is 2.88 bits per heavy atom. The number of aromatic nitrogens is 4. The molecule has 0 aromatic carbocycles. The second-order valence-corrected chi connectivity index (χ2v) is 7.78. The summed E-state index contributed by atoms with van der Waals surface area (Å²) in [5.41, 5.74) is 0.691. The zero-order valence-corrected chi connectivity index (χ0v) is 15.3. The molecule has 1 aliphatic carbocycles. The van der Waals surface area contributed by atoms with Crippen LogP contribution in [0.1, 0.15) is 30.6 Å². The van der Waals surface area contributed by atoms with E-state index >= 15 is 0 Å². The number of thiophene rings is 1. The predicted octanol–water partition coefficient (Wildman–Crippen LogP) is 2.19. The maximum absolute atomic E-state index is 9.75. The van der Waals surface area contributed by atoms with Gasteiger partial charge >= 0.3 is 0 Å². The summed E-state index contributed by atoms with van der Waals surface area (Å²) in [4.78, 5) is 12.7. The number of nitrogens with zero attached hydrogens (tertiary/aromatic N) is 5. The second-order valence-electron chi connectivity index (χ2n) is 6.74. The molecule has 4 rings (SSSR count). The Balaban J connectivity index is 1.71. The fourth-order valence-corrected chi connectivity index (χ4v) is 4.37. The average Bonchev–Trinajstić information content (AvgIpc) is 3.41. The van der Waals surface area contributed by atoms with Crippen LogP contribution in [-0.2, 0) is 13.1 Å². The van der Waals surface area contributed by atoms with E-state index in [1.165, 1.54) is 30.6 Å². The number of hydrogen-bond acceptors (Lipinski definition) is 7. The third kappa shape index (κ3) is 3.44. The normalized spacial score (nSPS) is 16.4. The van der Waals surface area contributed by atoms with Gasteiger partial charge < -0.3 is 15.1 Å². The molecule has 8 heteroatoms. The summed E-state index contributed by atoms with van der Waals surface area (Å²) in [5, 5.41) is 26.2. The minimum atomic E-state index is -0.853. The zero-order valence-electron chi connectivity index (χ0n) is 14.5. The van der Waals surface area contributed by atoms with E-state index < -0.39 is 6.10 Å². The first-order valence-corrected chi connectivity index (χ1v) is 9.88. The highest BCUT2D eigenvalue weighted by molar-refractivity contribution is 7.09. The second kappa shape index (κ2) is 7.69. The van der Waals surface area contributed by atoms with Gasteiger partial charge in [-0.2, -0.15) is 5.10 Å². The summed E-state index contributed by atoms with van der Waals surface area (Å²) in [6.07, 6.45) is 7.34. The van der Waals surface area contributed by atoms with Crippen molar-refractivity contribution in [1.82, 2.24) is 19.7 Å². The molecule has 3 heterocycles. The van der Waals surface area contributed by atoms with E-state index in [2.05, 4.69) is 37.5 Å². The molecule has 0 bridgehead atoms. The quantitative estimate of drug-likeness (QED) is 0.660. The summed E-state index contributed by atoms with van der Waals surface area (Å²) in [7, 11) is 0. The molecule has 138 valence electrons. The molecule has 0 saturated heterocycles. The van der Waals surface area contributed by atoms with Crippen molar-refractivity contribution in [3.63, 3.8) is 0 Å². The summed E-state index contributed by atoms with van der Waals surface area (Å²) >= 11 is 1.76. The van der Waals surface area contributed by atoms with Gasteiger partial charge in [-0.3, -0.25) is 0 Å². The maximum atomic E-state index is 9.75. The van der Waals surface area contributed by atoms with E-state index in [1.54, 1.807) is 28.5 Å². The lowest BCUT2D eigenvalue weighted by Gasteiger charge is -2.30. The molecule has 3 aromatic heterocycles. The van der Waals surface area contributed by atoms with Crippen LogP contribution in [0.4, 0.5) is 5.82 Å². The molecule has 0 radical (unpaired) electrons. The van der Waals surface area contributed by atoms with Crippen LogP contribution in [0.15, 0.2) is 30.0 Å². The van der Waals surface area contributed by atoms with E-state index in [1.807, 2.05) is 0 Å². The highest BCUT2D eigenvalue weighted by Crippen LogP contribution is 2.33. The van der Waals surface area contributed by atoms with Gasteiger partial charge in [-0.15, -0.1) is 11.3 Å². The van der Waals surface area contributed by atoms with Gasteiger partial charge in [-0.05, 0) is 24.3 Å². The van der Waals surface area contributed by atoms with E-state index in [9.17, 15) is 5.11 Å². The first kappa shape index (κ1) is 17.4. The molecule has 1 atom stereocenters. The van der Waals surface area contributed by atoms with Crippen molar-refractivity contribution in [3.8, 4) is 0 Å². The Morgan fingerprint density at radius 2 is 2.15 bits per heavy atom. The van der Waals surface area contributed by atoms with Crippen LogP contribution in [0.2, 0.25) is 0 Å². The Hall–Kier alpha value is -2.03. The zero-order chi connectivity index (χ0) is 17.9. The number of rotatable bonds is 7. The Kier molecular flexibility index (Phi) is 5.14. The van der Waals surface area contributed by atoms with Crippen molar-refractivity contribution < 1.29 is 10.2 Å². The molecule has 0 amide bonds. The molecule has 26 heavy (non-hydrogen) atoms. The van der Waals surface area contributed by atoms with Crippen molar-refractivity contribution >= 4 is 28.2 Å². The minimum absolute atomic E-state index is 0.213. The molecule has 0 spiro atoms. The monoisotopic (exact) mass is 373 g/mol. The van der Waals surface area contributed by atoms with Crippen molar-refractivity contribution in [3.05, 3.63) is 34.9 Å². The summed E-state index contributed by atoms with van der Waals surface area (Å²) in [5.74, 6) is 0.903. The van der Waals surface area contributed by atoms with Crippen molar-refractivity contribution in [2.24, 2.45) is 0 Å². The first-order chi connectivity index (χ1) is 12.8. The summed E-state index contributed by atoms with van der Waals surface area (Å²) in [6, 6.07) is 4.71. The van der Waals surface area contributed by atoms with Gasteiger partial charge in [0.1, 0.15) is 12.1 Å². The molecule has 1 fully saturated rings. The number of anilines is 1. The molecule has 2 N–H and O–H groups in total. The molecule has 3 aromatic rings. The van der Waals surface area contributed by atoms with Crippen LogP contribution in [0.25, 0.3) is 11.0 Å². The van der Waals surface area contributed by atoms with Crippen molar-refractivity contribution in [2.75, 3.05) is 11.5 Å². The van der Waals surface area contributed by atoms with Crippen LogP contribution in [0.3, 0.4) is 0 Å². The minimum Gasteiger partial charge on any atom is -0.394 e. The van der Waals surface area contributed by atoms with Gasteiger partial charge in [0, 0.05) is 10.9 Å². The lowest BCUT2D eigenvalue weighted by atomic mass is 10.2.